The molecule has 1 N–H and O–H groups in total. The van der Waals surface area contributed by atoms with Crippen LogP contribution in [0, 0.1) is 5.41 Å². The summed E-state index contributed by atoms with van der Waals surface area (Å²) in [5.74, 6) is 0.610. The summed E-state index contributed by atoms with van der Waals surface area (Å²) in [5, 5.41) is 2.85. The van der Waals surface area contributed by atoms with Crippen molar-refractivity contribution in [2.45, 2.75) is 37.4 Å². The number of carbonyl (C=O) groups excluding carboxylic acids is 2. The molecule has 2 saturated heterocycles. The van der Waals surface area contributed by atoms with Crippen LogP contribution in [0.4, 0.5) is 0 Å². The number of hydrogen-bond donors (Lipinski definition) is 1. The normalized spacial score (nSPS) is 33.0. The fourth-order valence-corrected chi connectivity index (χ4v) is 5.48. The summed E-state index contributed by atoms with van der Waals surface area (Å²) >= 11 is 5.37. The second-order valence-electron chi connectivity index (χ2n) is 5.93. The highest BCUT2D eigenvalue weighted by molar-refractivity contribution is 9.10. The second-order valence-corrected chi connectivity index (χ2v) is 8.29. The molecular weight excluding hydrogens is 350 g/mol. The lowest BCUT2D eigenvalue weighted by molar-refractivity contribution is -0.140. The monoisotopic (exact) mass is 367 g/mol. The van der Waals surface area contributed by atoms with Crippen LogP contribution in [-0.4, -0.2) is 22.8 Å². The van der Waals surface area contributed by atoms with Gasteiger partial charge in [0.05, 0.1) is 5.92 Å². The first-order valence-corrected chi connectivity index (χ1v) is 9.08. The highest BCUT2D eigenvalue weighted by Crippen LogP contribution is 2.54. The minimum atomic E-state index is -0.247. The summed E-state index contributed by atoms with van der Waals surface area (Å²) in [5.41, 5.74) is 0.757. The van der Waals surface area contributed by atoms with E-state index in [2.05, 4.69) is 28.2 Å². The van der Waals surface area contributed by atoms with Crippen LogP contribution in [0.1, 0.15) is 37.7 Å². The van der Waals surface area contributed by atoms with Crippen LogP contribution in [0.3, 0.4) is 0 Å². The van der Waals surface area contributed by atoms with Gasteiger partial charge >= 0.3 is 0 Å². The summed E-state index contributed by atoms with van der Waals surface area (Å²) in [4.78, 5) is 24.6. The van der Waals surface area contributed by atoms with Crippen molar-refractivity contribution >= 4 is 39.5 Å². The first-order chi connectivity index (χ1) is 10.0. The molecule has 2 amide bonds. The number of amides is 2. The molecule has 1 aromatic rings. The van der Waals surface area contributed by atoms with Crippen LogP contribution in [0.25, 0.3) is 0 Å². The molecule has 112 valence electrons. The van der Waals surface area contributed by atoms with Gasteiger partial charge in [-0.2, -0.15) is 11.8 Å². The number of carbonyl (C=O) groups is 2. The van der Waals surface area contributed by atoms with E-state index in [9.17, 15) is 9.59 Å². The number of imide groups is 1. The van der Waals surface area contributed by atoms with Crippen LogP contribution in [-0.2, 0) is 9.59 Å². The number of nitrogens with one attached hydrogen (secondary N) is 1. The van der Waals surface area contributed by atoms with Gasteiger partial charge in [0, 0.05) is 21.6 Å². The first kappa shape index (κ1) is 15.1. The topological polar surface area (TPSA) is 46.2 Å². The Morgan fingerprint density at radius 2 is 2.19 bits per heavy atom. The zero-order valence-electron chi connectivity index (χ0n) is 11.9. The summed E-state index contributed by atoms with van der Waals surface area (Å²) in [6.45, 7) is 2.17. The fraction of sp³-hybridized carbons (Fsp3) is 0.500. The summed E-state index contributed by atoms with van der Waals surface area (Å²) in [6, 6.07) is 7.92. The van der Waals surface area contributed by atoms with Gasteiger partial charge in [-0.1, -0.05) is 35.0 Å². The average Bonchev–Trinajstić information content (AvgIpc) is 2.41. The molecule has 2 aliphatic heterocycles. The van der Waals surface area contributed by atoms with Crippen LogP contribution in [0.2, 0.25) is 0 Å². The molecule has 2 aliphatic rings. The predicted octanol–water partition coefficient (Wildman–Crippen LogP) is 3.48. The van der Waals surface area contributed by atoms with Gasteiger partial charge in [0.15, 0.2) is 0 Å². The zero-order chi connectivity index (χ0) is 15.0. The first-order valence-electron chi connectivity index (χ1n) is 7.24. The minimum absolute atomic E-state index is 0.124. The standard InChI is InChI=1S/C16H18BrNO2S/c1-10-16(6-3-7-21-10)9-13(19)18-15(20)14(16)11-4-2-5-12(17)8-11/h2,4-5,8,10,14H,3,6-7,9H2,1H3,(H,18,19,20). The number of rotatable bonds is 1. The maximum Gasteiger partial charge on any atom is 0.234 e. The summed E-state index contributed by atoms with van der Waals surface area (Å²) in [6.07, 6.45) is 2.46. The molecule has 3 nitrogen and oxygen atoms in total. The van der Waals surface area contributed by atoms with E-state index in [4.69, 9.17) is 0 Å². The van der Waals surface area contributed by atoms with E-state index in [-0.39, 0.29) is 23.1 Å². The van der Waals surface area contributed by atoms with Crippen molar-refractivity contribution in [2.75, 3.05) is 5.75 Å². The van der Waals surface area contributed by atoms with Gasteiger partial charge in [0.2, 0.25) is 11.8 Å². The number of thioether (sulfide) groups is 1. The average molecular weight is 368 g/mol. The number of benzene rings is 1. The molecule has 21 heavy (non-hydrogen) atoms. The highest BCUT2D eigenvalue weighted by atomic mass is 79.9. The van der Waals surface area contributed by atoms with Gasteiger partial charge in [-0.25, -0.2) is 0 Å². The summed E-state index contributed by atoms with van der Waals surface area (Å²) in [7, 11) is 0. The Morgan fingerprint density at radius 1 is 1.38 bits per heavy atom. The molecule has 3 unspecified atom stereocenters. The molecule has 1 aromatic carbocycles. The van der Waals surface area contributed by atoms with Crippen molar-refractivity contribution in [2.24, 2.45) is 5.41 Å². The van der Waals surface area contributed by atoms with Gasteiger partial charge in [0.25, 0.3) is 0 Å². The Kier molecular flexibility index (Phi) is 4.14. The smallest absolute Gasteiger partial charge is 0.234 e. The van der Waals surface area contributed by atoms with Gasteiger partial charge in [-0.05, 0) is 36.3 Å². The lowest BCUT2D eigenvalue weighted by atomic mass is 9.63. The Balaban J connectivity index is 2.08. The highest BCUT2D eigenvalue weighted by Gasteiger charge is 2.53. The van der Waals surface area contributed by atoms with Crippen LogP contribution in [0.15, 0.2) is 28.7 Å². The molecule has 0 radical (unpaired) electrons. The Bertz CT molecular complexity index is 591. The van der Waals surface area contributed by atoms with E-state index < -0.39 is 0 Å². The van der Waals surface area contributed by atoms with E-state index in [0.717, 1.165) is 28.6 Å². The summed E-state index contributed by atoms with van der Waals surface area (Å²) < 4.78 is 0.968. The SMILES string of the molecule is CC1SCCCC12CC(=O)NC(=O)C2c1cccc(Br)c1. The molecule has 2 fully saturated rings. The van der Waals surface area contributed by atoms with Crippen molar-refractivity contribution in [1.29, 1.82) is 0 Å². The van der Waals surface area contributed by atoms with Crippen molar-refractivity contribution in [3.63, 3.8) is 0 Å². The molecule has 1 spiro atoms. The number of hydrogen-bond acceptors (Lipinski definition) is 3. The van der Waals surface area contributed by atoms with E-state index in [1.165, 1.54) is 0 Å². The molecule has 0 aliphatic carbocycles. The predicted molar refractivity (Wildman–Crippen MR) is 88.2 cm³/mol. The third kappa shape index (κ3) is 2.66. The third-order valence-corrected chi connectivity index (χ3v) is 6.72. The van der Waals surface area contributed by atoms with Crippen LogP contribution < -0.4 is 5.32 Å². The third-order valence-electron chi connectivity index (χ3n) is 4.74. The quantitative estimate of drug-likeness (QED) is 0.772. The van der Waals surface area contributed by atoms with E-state index >= 15 is 0 Å². The minimum Gasteiger partial charge on any atom is -0.296 e. The Morgan fingerprint density at radius 3 is 2.90 bits per heavy atom. The molecule has 0 aromatic heterocycles. The van der Waals surface area contributed by atoms with Crippen molar-refractivity contribution in [3.05, 3.63) is 34.3 Å². The largest absolute Gasteiger partial charge is 0.296 e. The van der Waals surface area contributed by atoms with Crippen molar-refractivity contribution in [1.82, 2.24) is 5.32 Å². The molecule has 3 atom stereocenters. The fourth-order valence-electron chi connectivity index (χ4n) is 3.73. The zero-order valence-corrected chi connectivity index (χ0v) is 14.3. The molecular formula is C16H18BrNO2S. The van der Waals surface area contributed by atoms with Gasteiger partial charge in [-0.3, -0.25) is 14.9 Å². The maximum absolute atomic E-state index is 12.6. The number of halogens is 1. The van der Waals surface area contributed by atoms with Gasteiger partial charge in [0.1, 0.15) is 0 Å². The lowest BCUT2D eigenvalue weighted by Crippen LogP contribution is -2.55. The van der Waals surface area contributed by atoms with E-state index in [0.29, 0.717) is 11.7 Å². The van der Waals surface area contributed by atoms with Crippen molar-refractivity contribution in [3.8, 4) is 0 Å². The molecule has 0 bridgehead atoms. The van der Waals surface area contributed by atoms with Gasteiger partial charge in [-0.15, -0.1) is 0 Å². The van der Waals surface area contributed by atoms with Gasteiger partial charge < -0.3 is 0 Å². The molecule has 0 saturated carbocycles. The molecule has 3 rings (SSSR count). The molecule has 5 heteroatoms. The molecule has 2 heterocycles. The van der Waals surface area contributed by atoms with Crippen LogP contribution in [0.5, 0.6) is 0 Å². The van der Waals surface area contributed by atoms with E-state index in [1.807, 2.05) is 36.0 Å². The maximum atomic E-state index is 12.6. The van der Waals surface area contributed by atoms with Crippen LogP contribution >= 0.6 is 27.7 Å². The van der Waals surface area contributed by atoms with Crippen molar-refractivity contribution < 1.29 is 9.59 Å². The van der Waals surface area contributed by atoms with E-state index in [1.54, 1.807) is 0 Å². The Hall–Kier alpha value is -0.810. The Labute approximate surface area is 137 Å². The second kappa shape index (κ2) is 5.76. The lowest BCUT2D eigenvalue weighted by Gasteiger charge is -2.49. The number of piperidine rings is 1.